The summed E-state index contributed by atoms with van der Waals surface area (Å²) >= 11 is 6.20. The van der Waals surface area contributed by atoms with E-state index in [1.54, 1.807) is 12.1 Å². The maximum Gasteiger partial charge on any atom is 1.00 e. The number of aryl methyl sites for hydroxylation is 1. The average Bonchev–Trinajstić information content (AvgIpc) is 2.62. The van der Waals surface area contributed by atoms with Gasteiger partial charge in [0.1, 0.15) is 17.2 Å². The standard InChI is InChI=1S/C20H16ClF3O4.Na/c1-2-5-11-6-3-4-7-15(11)27-17-10-16-12(9-14(17)21)8-13(19(25)26)18(28-16)20(22,23)24;/h3-4,6-10,18H,2,5H2,1H3,(H,25,26);/q;+1/p-1. The number of carboxylic acid groups (broad SMARTS) is 1. The van der Waals surface area contributed by atoms with Crippen LogP contribution in [0.5, 0.6) is 17.2 Å². The van der Waals surface area contributed by atoms with Crippen LogP contribution in [0.1, 0.15) is 24.5 Å². The van der Waals surface area contributed by atoms with Crippen molar-refractivity contribution in [1.29, 1.82) is 0 Å². The van der Waals surface area contributed by atoms with Crippen LogP contribution in [0.2, 0.25) is 5.02 Å². The van der Waals surface area contributed by atoms with Gasteiger partial charge in [-0.3, -0.25) is 0 Å². The van der Waals surface area contributed by atoms with Gasteiger partial charge in [0.2, 0.25) is 6.10 Å². The Kier molecular flexibility index (Phi) is 7.67. The molecule has 0 aliphatic carbocycles. The Morgan fingerprint density at radius 1 is 1.24 bits per heavy atom. The molecule has 0 saturated heterocycles. The number of aliphatic carboxylic acids is 1. The van der Waals surface area contributed by atoms with E-state index in [1.807, 2.05) is 19.1 Å². The molecule has 0 radical (unpaired) electrons. The molecule has 2 aromatic rings. The minimum absolute atomic E-state index is 0. The van der Waals surface area contributed by atoms with Crippen molar-refractivity contribution in [1.82, 2.24) is 0 Å². The molecule has 0 bridgehead atoms. The number of fused-ring (bicyclic) bond motifs is 1. The minimum atomic E-state index is -4.92. The van der Waals surface area contributed by atoms with Crippen molar-refractivity contribution in [3.8, 4) is 17.2 Å². The zero-order chi connectivity index (χ0) is 20.5. The molecule has 2 aromatic carbocycles. The minimum Gasteiger partial charge on any atom is -0.545 e. The van der Waals surface area contributed by atoms with Crippen LogP contribution in [0, 0.1) is 0 Å². The largest absolute Gasteiger partial charge is 1.00 e. The van der Waals surface area contributed by atoms with Crippen molar-refractivity contribution in [3.05, 3.63) is 58.1 Å². The van der Waals surface area contributed by atoms with Crippen molar-refractivity contribution >= 4 is 23.6 Å². The third-order valence-corrected chi connectivity index (χ3v) is 4.44. The molecule has 0 N–H and O–H groups in total. The molecule has 4 nitrogen and oxygen atoms in total. The summed E-state index contributed by atoms with van der Waals surface area (Å²) in [4.78, 5) is 11.1. The number of carboxylic acids is 1. The first-order chi connectivity index (χ1) is 13.2. The predicted molar refractivity (Wildman–Crippen MR) is 95.4 cm³/mol. The van der Waals surface area contributed by atoms with Gasteiger partial charge in [-0.2, -0.15) is 13.2 Å². The first kappa shape index (κ1) is 23.6. The third-order valence-electron chi connectivity index (χ3n) is 4.15. The number of alkyl halides is 3. The molecule has 0 spiro atoms. The maximum absolute atomic E-state index is 13.2. The van der Waals surface area contributed by atoms with Crippen LogP contribution in [0.3, 0.4) is 0 Å². The average molecular weight is 435 g/mol. The molecule has 9 heteroatoms. The van der Waals surface area contributed by atoms with Gasteiger partial charge in [0.15, 0.2) is 0 Å². The Morgan fingerprint density at radius 3 is 2.55 bits per heavy atom. The summed E-state index contributed by atoms with van der Waals surface area (Å²) < 4.78 is 50.3. The number of hydrogen-bond donors (Lipinski definition) is 0. The molecule has 1 unspecified atom stereocenters. The van der Waals surface area contributed by atoms with Gasteiger partial charge in [-0.1, -0.05) is 43.1 Å². The summed E-state index contributed by atoms with van der Waals surface area (Å²) in [6.45, 7) is 2.01. The monoisotopic (exact) mass is 434 g/mol. The fourth-order valence-electron chi connectivity index (χ4n) is 2.88. The number of hydrogen-bond acceptors (Lipinski definition) is 4. The molecule has 1 atom stereocenters. The number of carbonyl (C=O) groups is 1. The van der Waals surface area contributed by atoms with Gasteiger partial charge in [-0.25, -0.2) is 0 Å². The van der Waals surface area contributed by atoms with Gasteiger partial charge < -0.3 is 19.4 Å². The summed E-state index contributed by atoms with van der Waals surface area (Å²) in [5.74, 6) is -1.51. The molecular weight excluding hydrogens is 420 g/mol. The van der Waals surface area contributed by atoms with Crippen molar-refractivity contribution in [2.24, 2.45) is 0 Å². The van der Waals surface area contributed by atoms with Gasteiger partial charge in [0.05, 0.1) is 11.0 Å². The fraction of sp³-hybridized carbons (Fsp3) is 0.250. The van der Waals surface area contributed by atoms with Crippen molar-refractivity contribution in [2.75, 3.05) is 0 Å². The second-order valence-corrected chi connectivity index (χ2v) is 6.61. The first-order valence-corrected chi connectivity index (χ1v) is 8.84. The Morgan fingerprint density at radius 2 is 1.93 bits per heavy atom. The summed E-state index contributed by atoms with van der Waals surface area (Å²) in [6, 6.07) is 9.76. The molecule has 29 heavy (non-hydrogen) atoms. The second kappa shape index (κ2) is 9.43. The molecule has 1 aliphatic heterocycles. The second-order valence-electron chi connectivity index (χ2n) is 6.21. The topological polar surface area (TPSA) is 58.6 Å². The van der Waals surface area contributed by atoms with E-state index in [4.69, 9.17) is 21.1 Å². The normalized spacial score (nSPS) is 15.5. The summed E-state index contributed by atoms with van der Waals surface area (Å²) in [7, 11) is 0. The number of para-hydroxylation sites is 1. The van der Waals surface area contributed by atoms with E-state index in [0.29, 0.717) is 5.75 Å². The Balaban J connectivity index is 0.00000300. The van der Waals surface area contributed by atoms with E-state index in [9.17, 15) is 23.1 Å². The molecule has 148 valence electrons. The van der Waals surface area contributed by atoms with Crippen LogP contribution in [0.4, 0.5) is 13.2 Å². The Labute approximate surface area is 192 Å². The van der Waals surface area contributed by atoms with E-state index >= 15 is 0 Å². The van der Waals surface area contributed by atoms with E-state index in [-0.39, 0.29) is 51.6 Å². The molecule has 1 aliphatic rings. The van der Waals surface area contributed by atoms with Gasteiger partial charge in [0.25, 0.3) is 0 Å². The predicted octanol–water partition coefficient (Wildman–Crippen LogP) is 1.55. The molecule has 0 aromatic heterocycles. The van der Waals surface area contributed by atoms with Crippen molar-refractivity contribution in [3.63, 3.8) is 0 Å². The zero-order valence-corrected chi connectivity index (χ0v) is 18.4. The van der Waals surface area contributed by atoms with Gasteiger partial charge >= 0.3 is 35.7 Å². The van der Waals surface area contributed by atoms with E-state index in [2.05, 4.69) is 0 Å². The maximum atomic E-state index is 13.2. The van der Waals surface area contributed by atoms with Gasteiger partial charge in [-0.15, -0.1) is 0 Å². The fourth-order valence-corrected chi connectivity index (χ4v) is 3.09. The summed E-state index contributed by atoms with van der Waals surface area (Å²) in [5.41, 5.74) is 0.00364. The molecule has 0 saturated carbocycles. The molecular formula is C20H15ClF3NaO4. The third kappa shape index (κ3) is 5.28. The van der Waals surface area contributed by atoms with Crippen LogP contribution in [0.25, 0.3) is 6.08 Å². The first-order valence-electron chi connectivity index (χ1n) is 8.46. The number of benzene rings is 2. The van der Waals surface area contributed by atoms with Gasteiger partial charge in [0, 0.05) is 17.2 Å². The van der Waals surface area contributed by atoms with Crippen LogP contribution < -0.4 is 44.1 Å². The Hall–Kier alpha value is -1.67. The number of ether oxygens (including phenoxy) is 2. The number of carbonyl (C=O) groups excluding carboxylic acids is 1. The molecule has 3 rings (SSSR count). The van der Waals surface area contributed by atoms with E-state index in [0.717, 1.165) is 24.5 Å². The van der Waals surface area contributed by atoms with Crippen molar-refractivity contribution in [2.45, 2.75) is 32.0 Å². The number of halogens is 4. The zero-order valence-electron chi connectivity index (χ0n) is 15.7. The van der Waals surface area contributed by atoms with Crippen LogP contribution in [-0.4, -0.2) is 18.2 Å². The summed E-state index contributed by atoms with van der Waals surface area (Å²) in [6.07, 6.45) is -5.06. The van der Waals surface area contributed by atoms with E-state index in [1.165, 1.54) is 12.1 Å². The smallest absolute Gasteiger partial charge is 0.545 e. The SMILES string of the molecule is CCCc1ccccc1Oc1cc2c(cc1Cl)C=C(C(=O)[O-])C(C(F)(F)F)O2.[Na+]. The van der Waals surface area contributed by atoms with E-state index < -0.39 is 23.8 Å². The van der Waals surface area contributed by atoms with Crippen LogP contribution >= 0.6 is 11.6 Å². The molecule has 0 amide bonds. The Bertz CT molecular complexity index is 944. The van der Waals surface area contributed by atoms with Crippen LogP contribution in [-0.2, 0) is 11.2 Å². The number of rotatable bonds is 5. The van der Waals surface area contributed by atoms with Crippen LogP contribution in [0.15, 0.2) is 42.0 Å². The summed E-state index contributed by atoms with van der Waals surface area (Å²) in [5, 5.41) is 11.2. The van der Waals surface area contributed by atoms with Gasteiger partial charge in [-0.05, 0) is 30.2 Å². The molecule has 0 fully saturated rings. The molecule has 1 heterocycles. The quantitative estimate of drug-likeness (QED) is 0.670. The van der Waals surface area contributed by atoms with Crippen molar-refractivity contribution < 1.29 is 62.1 Å².